The van der Waals surface area contributed by atoms with Crippen LogP contribution in [0.25, 0.3) is 0 Å². The van der Waals surface area contributed by atoms with E-state index in [1.165, 1.54) is 24.5 Å². The maximum absolute atomic E-state index is 12.8. The second kappa shape index (κ2) is 8.71. The average molecular weight is 499 g/mol. The Hall–Kier alpha value is -2.78. The number of halogens is 2. The maximum atomic E-state index is 12.8. The van der Waals surface area contributed by atoms with Crippen LogP contribution in [0.2, 0.25) is 5.02 Å². The number of nitrogens with zero attached hydrogens (tertiary/aromatic N) is 3. The van der Waals surface area contributed by atoms with Crippen molar-refractivity contribution in [3.05, 3.63) is 58.2 Å². The molecule has 3 N–H and O–H groups in total. The molecule has 0 amide bonds. The molecule has 0 saturated heterocycles. The van der Waals surface area contributed by atoms with Gasteiger partial charge in [-0.05, 0) is 50.7 Å². The summed E-state index contributed by atoms with van der Waals surface area (Å²) in [6.45, 7) is -0.0273. The molecule has 0 unspecified atom stereocenters. The van der Waals surface area contributed by atoms with Crippen molar-refractivity contribution in [2.45, 2.75) is 4.90 Å². The fourth-order valence-electron chi connectivity index (χ4n) is 2.36. The van der Waals surface area contributed by atoms with Gasteiger partial charge in [0.15, 0.2) is 11.9 Å². The zero-order chi connectivity index (χ0) is 21.0. The molecule has 29 heavy (non-hydrogen) atoms. The van der Waals surface area contributed by atoms with Gasteiger partial charge in [-0.2, -0.15) is 5.26 Å². The molecule has 0 bridgehead atoms. The number of hydrogen-bond donors (Lipinski definition) is 3. The Labute approximate surface area is 180 Å². The first-order valence-electron chi connectivity index (χ1n) is 7.96. The maximum Gasteiger partial charge on any atom is 0.279 e. The van der Waals surface area contributed by atoms with E-state index in [0.717, 1.165) is 0 Å². The van der Waals surface area contributed by atoms with E-state index in [0.29, 0.717) is 14.6 Å². The van der Waals surface area contributed by atoms with Gasteiger partial charge in [0.05, 0.1) is 22.9 Å². The quantitative estimate of drug-likeness (QED) is 0.194. The lowest BCUT2D eigenvalue weighted by molar-refractivity contribution is 0.0157. The Bertz CT molecular complexity index is 1140. The van der Waals surface area contributed by atoms with Crippen molar-refractivity contribution in [1.82, 2.24) is 9.79 Å². The molecule has 9 nitrogen and oxygen atoms in total. The van der Waals surface area contributed by atoms with Gasteiger partial charge in [0.1, 0.15) is 11.2 Å². The van der Waals surface area contributed by atoms with Gasteiger partial charge in [-0.25, -0.2) is 13.4 Å². The van der Waals surface area contributed by atoms with Crippen molar-refractivity contribution in [3.8, 4) is 11.9 Å². The second-order valence-electron chi connectivity index (χ2n) is 5.51. The molecule has 1 aliphatic rings. The van der Waals surface area contributed by atoms with Gasteiger partial charge in [0.25, 0.3) is 10.0 Å². The highest BCUT2D eigenvalue weighted by Gasteiger charge is 2.33. The predicted molar refractivity (Wildman–Crippen MR) is 111 cm³/mol. The van der Waals surface area contributed by atoms with Crippen LogP contribution in [0, 0.1) is 11.5 Å². The summed E-state index contributed by atoms with van der Waals surface area (Å²) >= 11 is 9.38. The lowest BCUT2D eigenvalue weighted by Crippen LogP contribution is -2.28. The summed E-state index contributed by atoms with van der Waals surface area (Å²) in [7, 11) is -4.24. The van der Waals surface area contributed by atoms with Crippen LogP contribution in [0.5, 0.6) is 5.75 Å². The Morgan fingerprint density at radius 2 is 2.10 bits per heavy atom. The number of sulfonamides is 1. The minimum Gasteiger partial charge on any atom is -0.504 e. The number of rotatable bonds is 4. The first-order chi connectivity index (χ1) is 13.8. The second-order valence-corrected chi connectivity index (χ2v) is 8.54. The van der Waals surface area contributed by atoms with Crippen LogP contribution in [-0.4, -0.2) is 30.5 Å². The molecule has 2 aromatic carbocycles. The molecule has 0 fully saturated rings. The summed E-state index contributed by atoms with van der Waals surface area (Å²) in [6.07, 6.45) is 4.43. The predicted octanol–water partition coefficient (Wildman–Crippen LogP) is 3.43. The van der Waals surface area contributed by atoms with Gasteiger partial charge < -0.3 is 15.3 Å². The topological polar surface area (TPSA) is 127 Å². The van der Waals surface area contributed by atoms with Gasteiger partial charge >= 0.3 is 0 Å². The number of aliphatic imine (C=N–C) groups is 1. The van der Waals surface area contributed by atoms with Gasteiger partial charge in [-0.1, -0.05) is 23.7 Å². The SMILES string of the molecule is N#CNC(=Nc1ccccc1Br)Nc1ccc(Cl)c(S(=O)(=O)N2CC=CO2)c1O. The smallest absolute Gasteiger partial charge is 0.279 e. The monoisotopic (exact) mass is 497 g/mol. The molecule has 0 aromatic heterocycles. The summed E-state index contributed by atoms with van der Waals surface area (Å²) in [4.78, 5) is 8.65. The minimum absolute atomic E-state index is 0.0273. The third-order valence-corrected chi connectivity index (χ3v) is 6.45. The largest absolute Gasteiger partial charge is 0.504 e. The van der Waals surface area contributed by atoms with Crippen LogP contribution >= 0.6 is 27.5 Å². The number of aromatic hydroxyl groups is 1. The molecule has 12 heteroatoms. The third kappa shape index (κ3) is 4.46. The van der Waals surface area contributed by atoms with Crippen molar-refractivity contribution in [1.29, 1.82) is 5.26 Å². The summed E-state index contributed by atoms with van der Waals surface area (Å²) in [5.74, 6) is -0.688. The van der Waals surface area contributed by atoms with Gasteiger partial charge in [0.2, 0.25) is 5.96 Å². The molecular formula is C17H13BrClN5O4S. The summed E-state index contributed by atoms with van der Waals surface area (Å²) in [6, 6.07) is 9.65. The van der Waals surface area contributed by atoms with E-state index in [4.69, 9.17) is 21.7 Å². The molecule has 0 atom stereocenters. The van der Waals surface area contributed by atoms with Crippen LogP contribution in [0.15, 0.2) is 63.1 Å². The van der Waals surface area contributed by atoms with Crippen molar-refractivity contribution in [2.75, 3.05) is 11.9 Å². The van der Waals surface area contributed by atoms with Gasteiger partial charge in [-0.15, -0.1) is 0 Å². The Morgan fingerprint density at radius 3 is 2.76 bits per heavy atom. The van der Waals surface area contributed by atoms with Crippen molar-refractivity contribution in [3.63, 3.8) is 0 Å². The third-order valence-electron chi connectivity index (χ3n) is 3.65. The van der Waals surface area contributed by atoms with Crippen LogP contribution in [0.3, 0.4) is 0 Å². The highest BCUT2D eigenvalue weighted by Crippen LogP contribution is 2.39. The van der Waals surface area contributed by atoms with Crippen LogP contribution in [-0.2, 0) is 14.9 Å². The lowest BCUT2D eigenvalue weighted by Gasteiger charge is -2.18. The number of anilines is 1. The van der Waals surface area contributed by atoms with E-state index in [1.54, 1.807) is 30.5 Å². The van der Waals surface area contributed by atoms with Crippen LogP contribution in [0.4, 0.5) is 11.4 Å². The van der Waals surface area contributed by atoms with E-state index in [9.17, 15) is 13.5 Å². The van der Waals surface area contributed by atoms with E-state index < -0.39 is 20.7 Å². The van der Waals surface area contributed by atoms with Crippen molar-refractivity contribution >= 4 is 54.9 Å². The highest BCUT2D eigenvalue weighted by molar-refractivity contribution is 9.10. The van der Waals surface area contributed by atoms with Gasteiger partial charge in [-0.3, -0.25) is 5.32 Å². The first-order valence-corrected chi connectivity index (χ1v) is 10.6. The Balaban J connectivity index is 2.01. The molecule has 1 heterocycles. The summed E-state index contributed by atoms with van der Waals surface area (Å²) in [5.41, 5.74) is 0.462. The molecule has 0 aliphatic carbocycles. The summed E-state index contributed by atoms with van der Waals surface area (Å²) < 4.78 is 26.9. The molecule has 0 spiro atoms. The van der Waals surface area contributed by atoms with E-state index in [2.05, 4.69) is 31.6 Å². The molecule has 2 aromatic rings. The number of hydroxylamine groups is 1. The molecule has 1 aliphatic heterocycles. The van der Waals surface area contributed by atoms with Crippen LogP contribution in [0.1, 0.15) is 0 Å². The number of nitriles is 1. The first kappa shape index (κ1) is 20.9. The van der Waals surface area contributed by atoms with E-state index >= 15 is 0 Å². The lowest BCUT2D eigenvalue weighted by atomic mass is 10.3. The molecule has 3 rings (SSSR count). The average Bonchev–Trinajstić information content (AvgIpc) is 3.22. The number of phenolic OH excluding ortho intramolecular Hbond substituents is 1. The number of benzene rings is 2. The Kier molecular flexibility index (Phi) is 6.29. The number of guanidine groups is 1. The number of nitrogens with one attached hydrogen (secondary N) is 2. The fourth-order valence-corrected chi connectivity index (χ4v) is 4.50. The van der Waals surface area contributed by atoms with Crippen molar-refractivity contribution < 1.29 is 18.4 Å². The number of phenols is 1. The number of para-hydroxylation sites is 1. The van der Waals surface area contributed by atoms with E-state index in [1.807, 2.05) is 0 Å². The standard InChI is InChI=1S/C17H13BrClN5O4S/c18-11-4-1-2-5-13(11)22-17(21-10-20)23-14-7-6-12(19)16(15(14)25)29(26,27)24-8-3-9-28-24/h1-7,9,25H,8H2,(H2,21,22,23). The normalized spacial score (nSPS) is 14.3. The molecular weight excluding hydrogens is 486 g/mol. The highest BCUT2D eigenvalue weighted by atomic mass is 79.9. The van der Waals surface area contributed by atoms with Gasteiger partial charge in [0, 0.05) is 4.47 Å². The number of hydrogen-bond acceptors (Lipinski definition) is 6. The fraction of sp³-hybridized carbons (Fsp3) is 0.0588. The zero-order valence-electron chi connectivity index (χ0n) is 14.5. The molecule has 0 saturated carbocycles. The molecule has 0 radical (unpaired) electrons. The van der Waals surface area contributed by atoms with Crippen molar-refractivity contribution in [2.24, 2.45) is 4.99 Å². The minimum atomic E-state index is -4.24. The zero-order valence-corrected chi connectivity index (χ0v) is 17.7. The summed E-state index contributed by atoms with van der Waals surface area (Å²) in [5, 5.41) is 24.5. The van der Waals surface area contributed by atoms with Crippen LogP contribution < -0.4 is 10.6 Å². The molecule has 150 valence electrons. The van der Waals surface area contributed by atoms with E-state index in [-0.39, 0.29) is 23.2 Å². The Morgan fingerprint density at radius 1 is 1.34 bits per heavy atom.